The average molecular weight is 363 g/mol. The van der Waals surface area contributed by atoms with E-state index in [0.29, 0.717) is 29.6 Å². The van der Waals surface area contributed by atoms with Crippen LogP contribution in [0, 0.1) is 6.92 Å². The second kappa shape index (κ2) is 9.18. The van der Waals surface area contributed by atoms with E-state index in [1.807, 2.05) is 31.2 Å². The van der Waals surface area contributed by atoms with Gasteiger partial charge in [-0.2, -0.15) is 0 Å². The van der Waals surface area contributed by atoms with Gasteiger partial charge in [0, 0.05) is 11.1 Å². The summed E-state index contributed by atoms with van der Waals surface area (Å²) >= 11 is 6.06. The number of amides is 2. The van der Waals surface area contributed by atoms with Gasteiger partial charge in [-0.05, 0) is 42.7 Å². The first-order valence-corrected chi connectivity index (χ1v) is 8.52. The van der Waals surface area contributed by atoms with Crippen LogP contribution in [0.25, 0.3) is 0 Å². The Balaban J connectivity index is 1.80. The fraction of sp³-hybridized carbons (Fsp3) is 0.316. The van der Waals surface area contributed by atoms with Gasteiger partial charge in [-0.15, -0.1) is 0 Å². The minimum Gasteiger partial charge on any atom is -0.495 e. The molecule has 2 aromatic rings. The standard InChI is InChI=1S/C19H23ClN2O3/c1-4-14-5-7-15(8-6-14)25-10-9-21-19(23)22-17-11-13(2)16(20)12-18(17)24-3/h5-8,11-12H,4,9-10H2,1-3H3,(H2,21,22,23). The predicted molar refractivity (Wildman–Crippen MR) is 101 cm³/mol. The third kappa shape index (κ3) is 5.57. The van der Waals surface area contributed by atoms with E-state index in [2.05, 4.69) is 17.6 Å². The Morgan fingerprint density at radius 1 is 1.20 bits per heavy atom. The van der Waals surface area contributed by atoms with Crippen molar-refractivity contribution in [3.05, 3.63) is 52.5 Å². The predicted octanol–water partition coefficient (Wildman–Crippen LogP) is 4.42. The zero-order valence-corrected chi connectivity index (χ0v) is 15.4. The van der Waals surface area contributed by atoms with Crippen LogP contribution in [0.2, 0.25) is 5.02 Å². The molecule has 134 valence electrons. The average Bonchev–Trinajstić information content (AvgIpc) is 2.62. The van der Waals surface area contributed by atoms with Crippen molar-refractivity contribution >= 4 is 23.3 Å². The summed E-state index contributed by atoms with van der Waals surface area (Å²) < 4.78 is 10.8. The Bertz CT molecular complexity index is 717. The number of halogens is 1. The lowest BCUT2D eigenvalue weighted by Crippen LogP contribution is -2.32. The van der Waals surface area contributed by atoms with E-state index in [4.69, 9.17) is 21.1 Å². The van der Waals surface area contributed by atoms with Gasteiger partial charge >= 0.3 is 6.03 Å². The molecular formula is C19H23ClN2O3. The first-order valence-electron chi connectivity index (χ1n) is 8.14. The molecule has 25 heavy (non-hydrogen) atoms. The molecule has 0 saturated carbocycles. The number of nitrogens with one attached hydrogen (secondary N) is 2. The van der Waals surface area contributed by atoms with Crippen molar-refractivity contribution in [3.8, 4) is 11.5 Å². The first-order chi connectivity index (χ1) is 12.0. The number of carbonyl (C=O) groups is 1. The zero-order valence-electron chi connectivity index (χ0n) is 14.7. The van der Waals surface area contributed by atoms with Crippen LogP contribution >= 0.6 is 11.6 Å². The highest BCUT2D eigenvalue weighted by Crippen LogP contribution is 2.30. The van der Waals surface area contributed by atoms with Crippen LogP contribution in [0.3, 0.4) is 0 Å². The lowest BCUT2D eigenvalue weighted by Gasteiger charge is -2.13. The molecular weight excluding hydrogens is 340 g/mol. The van der Waals surface area contributed by atoms with Gasteiger partial charge in [0.1, 0.15) is 18.1 Å². The third-order valence-electron chi connectivity index (χ3n) is 3.72. The molecule has 0 fully saturated rings. The smallest absolute Gasteiger partial charge is 0.319 e. The van der Waals surface area contributed by atoms with Gasteiger partial charge in [0.25, 0.3) is 0 Å². The molecule has 6 heteroatoms. The van der Waals surface area contributed by atoms with E-state index in [1.54, 1.807) is 12.1 Å². The SMILES string of the molecule is CCc1ccc(OCCNC(=O)Nc2cc(C)c(Cl)cc2OC)cc1. The molecule has 2 N–H and O–H groups in total. The van der Waals surface area contributed by atoms with Crippen molar-refractivity contribution in [1.29, 1.82) is 0 Å². The van der Waals surface area contributed by atoms with Gasteiger partial charge in [-0.1, -0.05) is 30.7 Å². The summed E-state index contributed by atoms with van der Waals surface area (Å²) in [6.07, 6.45) is 0.996. The van der Waals surface area contributed by atoms with E-state index in [1.165, 1.54) is 12.7 Å². The van der Waals surface area contributed by atoms with E-state index < -0.39 is 0 Å². The van der Waals surface area contributed by atoms with Crippen molar-refractivity contribution in [3.63, 3.8) is 0 Å². The van der Waals surface area contributed by atoms with Crippen LogP contribution in [-0.2, 0) is 6.42 Å². The largest absolute Gasteiger partial charge is 0.495 e. The minimum absolute atomic E-state index is 0.329. The van der Waals surface area contributed by atoms with E-state index in [0.717, 1.165) is 17.7 Å². The number of aryl methyl sites for hydroxylation is 2. The number of rotatable bonds is 7. The van der Waals surface area contributed by atoms with Crippen LogP contribution in [0.5, 0.6) is 11.5 Å². The molecule has 0 aliphatic heterocycles. The van der Waals surface area contributed by atoms with Crippen LogP contribution in [0.4, 0.5) is 10.5 Å². The Morgan fingerprint density at radius 3 is 2.56 bits per heavy atom. The normalized spacial score (nSPS) is 10.2. The summed E-state index contributed by atoms with van der Waals surface area (Å²) in [4.78, 5) is 12.0. The van der Waals surface area contributed by atoms with Gasteiger partial charge in [0.15, 0.2) is 0 Å². The topological polar surface area (TPSA) is 59.6 Å². The fourth-order valence-corrected chi connectivity index (χ4v) is 2.40. The lowest BCUT2D eigenvalue weighted by atomic mass is 10.2. The number of ether oxygens (including phenoxy) is 2. The number of hydrogen-bond acceptors (Lipinski definition) is 3. The second-order valence-electron chi connectivity index (χ2n) is 5.53. The van der Waals surface area contributed by atoms with E-state index in [-0.39, 0.29) is 6.03 Å². The summed E-state index contributed by atoms with van der Waals surface area (Å²) in [7, 11) is 1.53. The summed E-state index contributed by atoms with van der Waals surface area (Å²) in [6.45, 7) is 4.74. The lowest BCUT2D eigenvalue weighted by molar-refractivity contribution is 0.247. The Labute approximate surface area is 153 Å². The summed E-state index contributed by atoms with van der Waals surface area (Å²) in [5.41, 5.74) is 2.69. The van der Waals surface area contributed by atoms with Gasteiger partial charge < -0.3 is 20.1 Å². The van der Waals surface area contributed by atoms with Gasteiger partial charge in [-0.25, -0.2) is 4.79 Å². The van der Waals surface area contributed by atoms with Gasteiger partial charge in [0.2, 0.25) is 0 Å². The number of benzene rings is 2. The Morgan fingerprint density at radius 2 is 1.92 bits per heavy atom. The van der Waals surface area contributed by atoms with Crippen molar-refractivity contribution < 1.29 is 14.3 Å². The molecule has 0 aliphatic carbocycles. The maximum absolute atomic E-state index is 12.0. The van der Waals surface area contributed by atoms with Crippen LogP contribution in [0.1, 0.15) is 18.1 Å². The Hall–Kier alpha value is -2.40. The summed E-state index contributed by atoms with van der Waals surface area (Å²) in [5, 5.41) is 6.09. The fourth-order valence-electron chi connectivity index (χ4n) is 2.25. The number of anilines is 1. The van der Waals surface area contributed by atoms with Crippen LogP contribution in [0.15, 0.2) is 36.4 Å². The first kappa shape index (κ1) is 18.9. The van der Waals surface area contributed by atoms with Gasteiger partial charge in [-0.3, -0.25) is 0 Å². The molecule has 5 nitrogen and oxygen atoms in total. The molecule has 0 bridgehead atoms. The van der Waals surface area contributed by atoms with Crippen LogP contribution in [-0.4, -0.2) is 26.3 Å². The van der Waals surface area contributed by atoms with Gasteiger partial charge in [0.05, 0.1) is 19.3 Å². The second-order valence-corrected chi connectivity index (χ2v) is 5.94. The third-order valence-corrected chi connectivity index (χ3v) is 4.12. The number of carbonyl (C=O) groups excluding carboxylic acids is 1. The van der Waals surface area contributed by atoms with Crippen molar-refractivity contribution in [1.82, 2.24) is 5.32 Å². The maximum atomic E-state index is 12.0. The molecule has 2 rings (SSSR count). The monoisotopic (exact) mass is 362 g/mol. The van der Waals surface area contributed by atoms with Crippen molar-refractivity contribution in [2.24, 2.45) is 0 Å². The molecule has 0 atom stereocenters. The zero-order chi connectivity index (χ0) is 18.2. The molecule has 0 spiro atoms. The molecule has 2 amide bonds. The molecule has 0 aliphatic rings. The summed E-state index contributed by atoms with van der Waals surface area (Å²) in [6, 6.07) is 11.0. The molecule has 0 saturated heterocycles. The van der Waals surface area contributed by atoms with Crippen LogP contribution < -0.4 is 20.1 Å². The molecule has 0 radical (unpaired) electrons. The van der Waals surface area contributed by atoms with E-state index >= 15 is 0 Å². The molecule has 0 aromatic heterocycles. The molecule has 2 aromatic carbocycles. The maximum Gasteiger partial charge on any atom is 0.319 e. The highest BCUT2D eigenvalue weighted by molar-refractivity contribution is 6.31. The number of urea groups is 1. The quantitative estimate of drug-likeness (QED) is 0.717. The highest BCUT2D eigenvalue weighted by Gasteiger charge is 2.10. The Kier molecular flexibility index (Phi) is 6.95. The number of hydrogen-bond donors (Lipinski definition) is 2. The highest BCUT2D eigenvalue weighted by atomic mass is 35.5. The van der Waals surface area contributed by atoms with E-state index in [9.17, 15) is 4.79 Å². The minimum atomic E-state index is -0.329. The van der Waals surface area contributed by atoms with Crippen molar-refractivity contribution in [2.75, 3.05) is 25.6 Å². The number of methoxy groups -OCH3 is 1. The molecule has 0 unspecified atom stereocenters. The summed E-state index contributed by atoms with van der Waals surface area (Å²) in [5.74, 6) is 1.30. The van der Waals surface area contributed by atoms with Crippen molar-refractivity contribution in [2.45, 2.75) is 20.3 Å². The molecule has 0 heterocycles.